The highest BCUT2D eigenvalue weighted by atomic mass is 35.5. The molecule has 2 aromatic carbocycles. The van der Waals surface area contributed by atoms with Gasteiger partial charge in [-0.05, 0) is 37.6 Å². The number of nitrogens with two attached hydrogens (primary N) is 1. The van der Waals surface area contributed by atoms with Gasteiger partial charge in [-0.3, -0.25) is 4.79 Å². The first-order valence-electron chi connectivity index (χ1n) is 7.00. The Bertz CT molecular complexity index is 610. The van der Waals surface area contributed by atoms with Crippen molar-refractivity contribution in [2.24, 2.45) is 0 Å². The molecule has 0 aliphatic carbocycles. The van der Waals surface area contributed by atoms with Crippen LogP contribution in [0.15, 0.2) is 48.5 Å². The number of hydrogen-bond acceptors (Lipinski definition) is 1. The lowest BCUT2D eigenvalue weighted by Gasteiger charge is -2.12. The fourth-order valence-electron chi connectivity index (χ4n) is 2.10. The molecule has 3 nitrogen and oxygen atoms in total. The van der Waals surface area contributed by atoms with Crippen LogP contribution in [0.25, 0.3) is 0 Å². The van der Waals surface area contributed by atoms with Crippen molar-refractivity contribution in [1.29, 1.82) is 0 Å². The zero-order valence-electron chi connectivity index (χ0n) is 12.3. The molecule has 0 saturated heterocycles. The van der Waals surface area contributed by atoms with E-state index in [2.05, 4.69) is 12.2 Å². The van der Waals surface area contributed by atoms with Crippen LogP contribution in [0, 0.1) is 6.92 Å². The maximum Gasteiger partial charge on any atom is 0.279 e. The van der Waals surface area contributed by atoms with Crippen LogP contribution < -0.4 is 10.6 Å². The number of anilines is 1. The summed E-state index contributed by atoms with van der Waals surface area (Å²) in [6.45, 7) is 4.44. The summed E-state index contributed by atoms with van der Waals surface area (Å²) < 4.78 is 0. The minimum atomic E-state index is 0.00473. The number of carbonyl (C=O) groups is 1. The van der Waals surface area contributed by atoms with Crippen molar-refractivity contribution in [3.8, 4) is 0 Å². The van der Waals surface area contributed by atoms with Crippen molar-refractivity contribution in [2.45, 2.75) is 19.9 Å². The van der Waals surface area contributed by atoms with Crippen molar-refractivity contribution >= 4 is 23.2 Å². The number of nitrogens with one attached hydrogen (secondary N) is 1. The lowest BCUT2D eigenvalue weighted by molar-refractivity contribution is -0.682. The fraction of sp³-hybridized carbons (Fsp3) is 0.235. The van der Waals surface area contributed by atoms with Gasteiger partial charge in [-0.2, -0.15) is 0 Å². The van der Waals surface area contributed by atoms with Crippen LogP contribution in [0.1, 0.15) is 24.1 Å². The van der Waals surface area contributed by atoms with Crippen molar-refractivity contribution in [3.63, 3.8) is 0 Å². The van der Waals surface area contributed by atoms with Gasteiger partial charge in [-0.25, -0.2) is 0 Å². The molecule has 2 rings (SSSR count). The van der Waals surface area contributed by atoms with Gasteiger partial charge in [0.2, 0.25) is 0 Å². The predicted molar refractivity (Wildman–Crippen MR) is 86.5 cm³/mol. The first-order valence-corrected chi connectivity index (χ1v) is 7.38. The zero-order chi connectivity index (χ0) is 15.2. The number of amides is 1. The highest BCUT2D eigenvalue weighted by Gasteiger charge is 2.12. The number of hydrogen-bond donors (Lipinski definition) is 2. The van der Waals surface area contributed by atoms with Crippen molar-refractivity contribution in [1.82, 2.24) is 0 Å². The van der Waals surface area contributed by atoms with E-state index in [0.29, 0.717) is 6.54 Å². The Hall–Kier alpha value is -1.84. The van der Waals surface area contributed by atoms with E-state index in [0.717, 1.165) is 21.8 Å². The van der Waals surface area contributed by atoms with E-state index in [9.17, 15) is 4.79 Å². The molecule has 0 aromatic heterocycles. The largest absolute Gasteiger partial charge is 0.333 e. The summed E-state index contributed by atoms with van der Waals surface area (Å²) in [6.07, 6.45) is 0. The monoisotopic (exact) mass is 303 g/mol. The molecular weight excluding hydrogens is 284 g/mol. The second kappa shape index (κ2) is 7.25. The topological polar surface area (TPSA) is 45.7 Å². The number of benzene rings is 2. The van der Waals surface area contributed by atoms with Gasteiger partial charge in [0, 0.05) is 16.3 Å². The van der Waals surface area contributed by atoms with Crippen LogP contribution in [-0.2, 0) is 4.79 Å². The zero-order valence-corrected chi connectivity index (χ0v) is 13.0. The summed E-state index contributed by atoms with van der Waals surface area (Å²) in [5.41, 5.74) is 3.09. The minimum Gasteiger partial charge on any atom is -0.333 e. The van der Waals surface area contributed by atoms with E-state index in [1.54, 1.807) is 0 Å². The maximum atomic E-state index is 12.0. The average molecular weight is 304 g/mol. The molecule has 0 unspecified atom stereocenters. The third-order valence-electron chi connectivity index (χ3n) is 3.47. The molecule has 0 heterocycles. The van der Waals surface area contributed by atoms with Gasteiger partial charge in [0.1, 0.15) is 6.04 Å². The molecular formula is C17H20ClN2O+. The second-order valence-corrected chi connectivity index (χ2v) is 5.58. The molecule has 4 heteroatoms. The molecule has 0 radical (unpaired) electrons. The third kappa shape index (κ3) is 4.59. The normalized spacial score (nSPS) is 12.0. The van der Waals surface area contributed by atoms with Crippen LogP contribution in [0.3, 0.4) is 0 Å². The molecule has 0 saturated carbocycles. The second-order valence-electron chi connectivity index (χ2n) is 5.14. The lowest BCUT2D eigenvalue weighted by Crippen LogP contribution is -2.86. The van der Waals surface area contributed by atoms with E-state index in [1.165, 1.54) is 0 Å². The van der Waals surface area contributed by atoms with E-state index in [4.69, 9.17) is 11.6 Å². The molecule has 1 amide bonds. The van der Waals surface area contributed by atoms with E-state index in [1.807, 2.05) is 60.8 Å². The summed E-state index contributed by atoms with van der Waals surface area (Å²) in [6, 6.07) is 15.7. The van der Waals surface area contributed by atoms with Gasteiger partial charge in [0.05, 0.1) is 0 Å². The predicted octanol–water partition coefficient (Wildman–Crippen LogP) is 2.91. The Morgan fingerprint density at radius 1 is 1.19 bits per heavy atom. The van der Waals surface area contributed by atoms with Gasteiger partial charge in [-0.1, -0.05) is 41.9 Å². The molecule has 0 aliphatic heterocycles. The van der Waals surface area contributed by atoms with Crippen LogP contribution >= 0.6 is 11.6 Å². The van der Waals surface area contributed by atoms with Gasteiger partial charge in [0.15, 0.2) is 6.54 Å². The van der Waals surface area contributed by atoms with Crippen LogP contribution in [0.2, 0.25) is 5.02 Å². The molecule has 1 atom stereocenters. The standard InChI is InChI=1S/C17H19ClN2O/c1-12-5-3-4-6-16(12)20-17(21)11-19-13(2)14-7-9-15(18)10-8-14/h3-10,13,19H,11H2,1-2H3,(H,20,21)/p+1/t13-/m0/s1. The highest BCUT2D eigenvalue weighted by Crippen LogP contribution is 2.14. The van der Waals surface area contributed by atoms with Crippen LogP contribution in [-0.4, -0.2) is 12.5 Å². The molecule has 0 fully saturated rings. The summed E-state index contributed by atoms with van der Waals surface area (Å²) in [5.74, 6) is 0.00473. The third-order valence-corrected chi connectivity index (χ3v) is 3.72. The minimum absolute atomic E-state index is 0.00473. The van der Waals surface area contributed by atoms with Gasteiger partial charge in [-0.15, -0.1) is 0 Å². The number of quaternary nitrogens is 1. The summed E-state index contributed by atoms with van der Waals surface area (Å²) in [5, 5.41) is 5.67. The summed E-state index contributed by atoms with van der Waals surface area (Å²) >= 11 is 5.87. The molecule has 2 aromatic rings. The lowest BCUT2D eigenvalue weighted by atomic mass is 10.1. The smallest absolute Gasteiger partial charge is 0.279 e. The fourth-order valence-corrected chi connectivity index (χ4v) is 2.23. The number of halogens is 1. The summed E-state index contributed by atoms with van der Waals surface area (Å²) in [7, 11) is 0. The van der Waals surface area contributed by atoms with E-state index >= 15 is 0 Å². The van der Waals surface area contributed by atoms with Gasteiger partial charge >= 0.3 is 0 Å². The molecule has 3 N–H and O–H groups in total. The number of carbonyl (C=O) groups excluding carboxylic acids is 1. The molecule has 110 valence electrons. The van der Waals surface area contributed by atoms with Gasteiger partial charge < -0.3 is 10.6 Å². The quantitative estimate of drug-likeness (QED) is 0.876. The first kappa shape index (κ1) is 15.5. The van der Waals surface area contributed by atoms with E-state index in [-0.39, 0.29) is 11.9 Å². The molecule has 0 bridgehead atoms. The van der Waals surface area contributed by atoms with Crippen molar-refractivity contribution in [2.75, 3.05) is 11.9 Å². The maximum absolute atomic E-state index is 12.0. The molecule has 0 aliphatic rings. The Morgan fingerprint density at radius 3 is 2.52 bits per heavy atom. The Kier molecular flexibility index (Phi) is 5.37. The van der Waals surface area contributed by atoms with E-state index < -0.39 is 0 Å². The Balaban J connectivity index is 1.86. The number of para-hydroxylation sites is 1. The van der Waals surface area contributed by atoms with Crippen LogP contribution in [0.4, 0.5) is 5.69 Å². The Morgan fingerprint density at radius 2 is 1.86 bits per heavy atom. The van der Waals surface area contributed by atoms with Gasteiger partial charge in [0.25, 0.3) is 5.91 Å². The SMILES string of the molecule is Cc1ccccc1NC(=O)C[NH2+][C@@H](C)c1ccc(Cl)cc1. The first-order chi connectivity index (χ1) is 10.1. The molecule has 0 spiro atoms. The Labute approximate surface area is 130 Å². The van der Waals surface area contributed by atoms with Crippen molar-refractivity contribution in [3.05, 3.63) is 64.7 Å². The number of aryl methyl sites for hydroxylation is 1. The average Bonchev–Trinajstić information content (AvgIpc) is 2.48. The summed E-state index contributed by atoms with van der Waals surface area (Å²) in [4.78, 5) is 12.0. The van der Waals surface area contributed by atoms with Crippen molar-refractivity contribution < 1.29 is 10.1 Å². The molecule has 21 heavy (non-hydrogen) atoms. The number of rotatable bonds is 5. The van der Waals surface area contributed by atoms with Crippen LogP contribution in [0.5, 0.6) is 0 Å². The highest BCUT2D eigenvalue weighted by molar-refractivity contribution is 6.30.